The first kappa shape index (κ1) is 18.4. The lowest BCUT2D eigenvalue weighted by atomic mass is 10.1. The topological polar surface area (TPSA) is 50.4 Å². The van der Waals surface area contributed by atoms with E-state index in [9.17, 15) is 4.79 Å². The molecule has 0 fully saturated rings. The Hall–Kier alpha value is -1.62. The van der Waals surface area contributed by atoms with Gasteiger partial charge in [-0.25, -0.2) is 0 Å². The lowest BCUT2D eigenvalue weighted by molar-refractivity contribution is 0.0976. The fraction of sp³-hybridized carbons (Fsp3) is 0.529. The molecule has 0 saturated carbocycles. The van der Waals surface area contributed by atoms with E-state index in [1.807, 2.05) is 13.0 Å². The quantitative estimate of drug-likeness (QED) is 0.538. The molecule has 4 nitrogen and oxygen atoms in total. The van der Waals surface area contributed by atoms with Crippen molar-refractivity contribution < 1.29 is 9.53 Å². The number of nitrogens with one attached hydrogen (secondary N) is 2. The maximum absolute atomic E-state index is 12.1. The van der Waals surface area contributed by atoms with Crippen LogP contribution in [0.15, 0.2) is 24.3 Å². The molecular formula is C17H26N2O2S. The third kappa shape index (κ3) is 7.41. The number of thiocarbonyl (C=S) groups is 1. The predicted molar refractivity (Wildman–Crippen MR) is 94.4 cm³/mol. The van der Waals surface area contributed by atoms with Gasteiger partial charge >= 0.3 is 0 Å². The number of benzene rings is 1. The van der Waals surface area contributed by atoms with Gasteiger partial charge in [0.1, 0.15) is 5.75 Å². The molecule has 1 aromatic carbocycles. The van der Waals surface area contributed by atoms with Crippen LogP contribution in [0.25, 0.3) is 0 Å². The van der Waals surface area contributed by atoms with Gasteiger partial charge in [0.2, 0.25) is 0 Å². The summed E-state index contributed by atoms with van der Waals surface area (Å²) in [6.07, 6.45) is 6.02. The van der Waals surface area contributed by atoms with E-state index in [1.165, 1.54) is 25.7 Å². The van der Waals surface area contributed by atoms with Crippen molar-refractivity contribution in [3.05, 3.63) is 29.8 Å². The number of carbonyl (C=O) groups is 1. The van der Waals surface area contributed by atoms with Gasteiger partial charge < -0.3 is 10.1 Å². The summed E-state index contributed by atoms with van der Waals surface area (Å²) < 4.78 is 5.38. The first-order valence-electron chi connectivity index (χ1n) is 7.99. The van der Waals surface area contributed by atoms with E-state index in [-0.39, 0.29) is 5.91 Å². The Labute approximate surface area is 138 Å². The van der Waals surface area contributed by atoms with Crippen molar-refractivity contribution in [3.8, 4) is 5.75 Å². The molecule has 2 N–H and O–H groups in total. The molecule has 0 aliphatic heterocycles. The second-order valence-electron chi connectivity index (χ2n) is 5.09. The number of hydrogen-bond donors (Lipinski definition) is 2. The Kier molecular flexibility index (Phi) is 9.23. The van der Waals surface area contributed by atoms with Crippen molar-refractivity contribution >= 4 is 23.2 Å². The summed E-state index contributed by atoms with van der Waals surface area (Å²) in [6, 6.07) is 7.08. The molecule has 122 valence electrons. The second kappa shape index (κ2) is 11.0. The van der Waals surface area contributed by atoms with Crippen LogP contribution in [0.4, 0.5) is 0 Å². The lowest BCUT2D eigenvalue weighted by Crippen LogP contribution is -2.39. The molecule has 5 heteroatoms. The van der Waals surface area contributed by atoms with Gasteiger partial charge in [0.25, 0.3) is 5.91 Å². The molecule has 0 atom stereocenters. The molecule has 1 rings (SSSR count). The van der Waals surface area contributed by atoms with Gasteiger partial charge in [0, 0.05) is 12.1 Å². The standard InChI is InChI=1S/C17H26N2O2S/c1-3-5-6-7-8-12-18-17(22)19-16(20)14-10-9-11-15(13-14)21-4-2/h9-11,13H,3-8,12H2,1-2H3,(H2,18,19,20,22). The van der Waals surface area contributed by atoms with Crippen molar-refractivity contribution in [2.45, 2.75) is 46.0 Å². The van der Waals surface area contributed by atoms with E-state index in [2.05, 4.69) is 17.6 Å². The Morgan fingerprint density at radius 1 is 1.18 bits per heavy atom. The van der Waals surface area contributed by atoms with Gasteiger partial charge in [-0.1, -0.05) is 38.7 Å². The number of carbonyl (C=O) groups excluding carboxylic acids is 1. The highest BCUT2D eigenvalue weighted by atomic mass is 32.1. The minimum Gasteiger partial charge on any atom is -0.494 e. The molecule has 0 aliphatic carbocycles. The van der Waals surface area contributed by atoms with Crippen LogP contribution in [0.3, 0.4) is 0 Å². The smallest absolute Gasteiger partial charge is 0.257 e. The van der Waals surface area contributed by atoms with E-state index in [4.69, 9.17) is 17.0 Å². The summed E-state index contributed by atoms with van der Waals surface area (Å²) in [5.74, 6) is 0.468. The normalized spacial score (nSPS) is 10.1. The Balaban J connectivity index is 2.31. The minimum absolute atomic E-state index is 0.218. The summed E-state index contributed by atoms with van der Waals surface area (Å²) >= 11 is 5.14. The molecule has 0 heterocycles. The van der Waals surface area contributed by atoms with Crippen molar-refractivity contribution in [2.24, 2.45) is 0 Å². The van der Waals surface area contributed by atoms with Crippen LogP contribution in [-0.4, -0.2) is 24.2 Å². The molecule has 0 aliphatic rings. The van der Waals surface area contributed by atoms with Crippen LogP contribution in [0, 0.1) is 0 Å². The minimum atomic E-state index is -0.218. The zero-order valence-corrected chi connectivity index (χ0v) is 14.3. The highest BCUT2D eigenvalue weighted by Gasteiger charge is 2.08. The largest absolute Gasteiger partial charge is 0.494 e. The third-order valence-corrected chi connectivity index (χ3v) is 3.45. The highest BCUT2D eigenvalue weighted by Crippen LogP contribution is 2.13. The van der Waals surface area contributed by atoms with E-state index in [0.717, 1.165) is 13.0 Å². The van der Waals surface area contributed by atoms with Crippen LogP contribution < -0.4 is 15.4 Å². The van der Waals surface area contributed by atoms with Gasteiger partial charge in [-0.2, -0.15) is 0 Å². The van der Waals surface area contributed by atoms with E-state index >= 15 is 0 Å². The molecule has 22 heavy (non-hydrogen) atoms. The summed E-state index contributed by atoms with van der Waals surface area (Å²) in [7, 11) is 0. The Bertz CT molecular complexity index is 477. The molecule has 0 aromatic heterocycles. The summed E-state index contributed by atoms with van der Waals surface area (Å²) in [6.45, 7) is 5.47. The van der Waals surface area contributed by atoms with Gasteiger partial charge in [0.05, 0.1) is 6.61 Å². The highest BCUT2D eigenvalue weighted by molar-refractivity contribution is 7.80. The molecule has 0 radical (unpaired) electrons. The van der Waals surface area contributed by atoms with Gasteiger partial charge in [-0.05, 0) is 43.8 Å². The van der Waals surface area contributed by atoms with E-state index in [0.29, 0.717) is 23.0 Å². The SMILES string of the molecule is CCCCCCCNC(=S)NC(=O)c1cccc(OCC)c1. The van der Waals surface area contributed by atoms with Crippen LogP contribution in [0.1, 0.15) is 56.3 Å². The monoisotopic (exact) mass is 322 g/mol. The van der Waals surface area contributed by atoms with Gasteiger partial charge in [0.15, 0.2) is 5.11 Å². The maximum atomic E-state index is 12.1. The predicted octanol–water partition coefficient (Wildman–Crippen LogP) is 3.66. The number of amides is 1. The Morgan fingerprint density at radius 2 is 1.95 bits per heavy atom. The average Bonchev–Trinajstić information content (AvgIpc) is 2.51. The van der Waals surface area contributed by atoms with Crippen molar-refractivity contribution in [3.63, 3.8) is 0 Å². The number of hydrogen-bond acceptors (Lipinski definition) is 3. The maximum Gasteiger partial charge on any atom is 0.257 e. The van der Waals surface area contributed by atoms with Crippen LogP contribution in [-0.2, 0) is 0 Å². The van der Waals surface area contributed by atoms with Gasteiger partial charge in [-0.3, -0.25) is 10.1 Å². The second-order valence-corrected chi connectivity index (χ2v) is 5.49. The Morgan fingerprint density at radius 3 is 2.68 bits per heavy atom. The molecule has 0 spiro atoms. The summed E-state index contributed by atoms with van der Waals surface area (Å²) in [5.41, 5.74) is 0.540. The third-order valence-electron chi connectivity index (χ3n) is 3.20. The fourth-order valence-corrected chi connectivity index (χ4v) is 2.24. The number of ether oxygens (including phenoxy) is 1. The fourth-order valence-electron chi connectivity index (χ4n) is 2.04. The first-order valence-corrected chi connectivity index (χ1v) is 8.40. The zero-order valence-electron chi connectivity index (χ0n) is 13.5. The molecule has 0 bridgehead atoms. The van der Waals surface area contributed by atoms with Crippen LogP contribution >= 0.6 is 12.2 Å². The zero-order chi connectivity index (χ0) is 16.2. The molecule has 1 amide bonds. The number of rotatable bonds is 9. The molecule has 0 unspecified atom stereocenters. The van der Waals surface area contributed by atoms with Crippen LogP contribution in [0.5, 0.6) is 5.75 Å². The lowest BCUT2D eigenvalue weighted by Gasteiger charge is -2.10. The van der Waals surface area contributed by atoms with E-state index < -0.39 is 0 Å². The molecule has 0 saturated heterocycles. The molecule has 1 aromatic rings. The van der Waals surface area contributed by atoms with Crippen molar-refractivity contribution in [1.82, 2.24) is 10.6 Å². The summed E-state index contributed by atoms with van der Waals surface area (Å²) in [5, 5.41) is 6.14. The first-order chi connectivity index (χ1) is 10.7. The molecular weight excluding hydrogens is 296 g/mol. The van der Waals surface area contributed by atoms with E-state index in [1.54, 1.807) is 18.2 Å². The van der Waals surface area contributed by atoms with Crippen molar-refractivity contribution in [2.75, 3.05) is 13.2 Å². The van der Waals surface area contributed by atoms with Gasteiger partial charge in [-0.15, -0.1) is 0 Å². The average molecular weight is 322 g/mol. The van der Waals surface area contributed by atoms with Crippen molar-refractivity contribution in [1.29, 1.82) is 0 Å². The van der Waals surface area contributed by atoms with Crippen LogP contribution in [0.2, 0.25) is 0 Å². The number of unbranched alkanes of at least 4 members (excludes halogenated alkanes) is 4. The summed E-state index contributed by atoms with van der Waals surface area (Å²) in [4.78, 5) is 12.1.